The van der Waals surface area contributed by atoms with E-state index in [2.05, 4.69) is 15.5 Å². The molecule has 2 rings (SSSR count). The molecule has 2 heterocycles. The lowest BCUT2D eigenvalue weighted by Crippen LogP contribution is -2.39. The SMILES string of the molecule is N#Cc1ccnnc1NCC(=O)N1CCCCC1. The number of piperidine rings is 1. The Bertz CT molecular complexity index is 462. The van der Waals surface area contributed by atoms with E-state index in [-0.39, 0.29) is 12.5 Å². The van der Waals surface area contributed by atoms with Crippen molar-refractivity contribution in [1.82, 2.24) is 15.1 Å². The van der Waals surface area contributed by atoms with Crippen LogP contribution in [0.15, 0.2) is 12.3 Å². The van der Waals surface area contributed by atoms with Crippen molar-refractivity contribution in [2.45, 2.75) is 19.3 Å². The molecule has 0 unspecified atom stereocenters. The Hall–Kier alpha value is -2.16. The lowest BCUT2D eigenvalue weighted by molar-refractivity contribution is -0.130. The molecule has 0 bridgehead atoms. The van der Waals surface area contributed by atoms with Crippen LogP contribution in [0.25, 0.3) is 0 Å². The molecule has 0 aromatic carbocycles. The molecule has 1 aliphatic rings. The topological polar surface area (TPSA) is 81.9 Å². The predicted molar refractivity (Wildman–Crippen MR) is 65.7 cm³/mol. The van der Waals surface area contributed by atoms with E-state index < -0.39 is 0 Å². The van der Waals surface area contributed by atoms with Crippen LogP contribution < -0.4 is 5.32 Å². The zero-order valence-electron chi connectivity index (χ0n) is 10.1. The van der Waals surface area contributed by atoms with Crippen molar-refractivity contribution in [2.75, 3.05) is 25.0 Å². The van der Waals surface area contributed by atoms with Gasteiger partial charge in [0.25, 0.3) is 0 Å². The molecular weight excluding hydrogens is 230 g/mol. The quantitative estimate of drug-likeness (QED) is 0.850. The van der Waals surface area contributed by atoms with Crippen molar-refractivity contribution in [3.8, 4) is 6.07 Å². The summed E-state index contributed by atoms with van der Waals surface area (Å²) >= 11 is 0. The fourth-order valence-electron chi connectivity index (χ4n) is 1.97. The van der Waals surface area contributed by atoms with Gasteiger partial charge in [0, 0.05) is 13.1 Å². The Kier molecular flexibility index (Phi) is 4.07. The molecule has 1 aromatic heterocycles. The molecule has 0 aliphatic carbocycles. The standard InChI is InChI=1S/C12H15N5O/c13-8-10-4-5-15-16-12(10)14-9-11(18)17-6-2-1-3-7-17/h4-5H,1-3,6-7,9H2,(H,14,16). The molecule has 94 valence electrons. The fraction of sp³-hybridized carbons (Fsp3) is 0.500. The third-order valence-electron chi connectivity index (χ3n) is 2.96. The molecule has 1 aliphatic heterocycles. The van der Waals surface area contributed by atoms with Crippen LogP contribution in [0.3, 0.4) is 0 Å². The van der Waals surface area contributed by atoms with Crippen LogP contribution in [0.1, 0.15) is 24.8 Å². The van der Waals surface area contributed by atoms with Crippen molar-refractivity contribution >= 4 is 11.7 Å². The average molecular weight is 245 g/mol. The van der Waals surface area contributed by atoms with Crippen LogP contribution in [0.5, 0.6) is 0 Å². The van der Waals surface area contributed by atoms with Gasteiger partial charge < -0.3 is 10.2 Å². The smallest absolute Gasteiger partial charge is 0.241 e. The molecule has 1 saturated heterocycles. The molecule has 0 saturated carbocycles. The molecule has 6 nitrogen and oxygen atoms in total. The van der Waals surface area contributed by atoms with E-state index in [1.807, 2.05) is 11.0 Å². The highest BCUT2D eigenvalue weighted by Gasteiger charge is 2.16. The number of carbonyl (C=O) groups excluding carboxylic acids is 1. The number of likely N-dealkylation sites (tertiary alicyclic amines) is 1. The first-order valence-electron chi connectivity index (χ1n) is 6.04. The zero-order chi connectivity index (χ0) is 12.8. The number of amides is 1. The van der Waals surface area contributed by atoms with Crippen LogP contribution >= 0.6 is 0 Å². The second kappa shape index (κ2) is 5.96. The van der Waals surface area contributed by atoms with Crippen LogP contribution in [0.2, 0.25) is 0 Å². The minimum atomic E-state index is 0.0456. The number of rotatable bonds is 3. The molecule has 6 heteroatoms. The van der Waals surface area contributed by atoms with Gasteiger partial charge in [0.2, 0.25) is 5.91 Å². The lowest BCUT2D eigenvalue weighted by Gasteiger charge is -2.26. The number of hydrogen-bond acceptors (Lipinski definition) is 5. The average Bonchev–Trinajstić information content (AvgIpc) is 2.46. The van der Waals surface area contributed by atoms with Crippen molar-refractivity contribution in [2.24, 2.45) is 0 Å². The maximum Gasteiger partial charge on any atom is 0.241 e. The summed E-state index contributed by atoms with van der Waals surface area (Å²) < 4.78 is 0. The van der Waals surface area contributed by atoms with Gasteiger partial charge in [-0.2, -0.15) is 10.4 Å². The van der Waals surface area contributed by atoms with Crippen molar-refractivity contribution in [3.63, 3.8) is 0 Å². The minimum absolute atomic E-state index is 0.0456. The van der Waals surface area contributed by atoms with E-state index >= 15 is 0 Å². The number of anilines is 1. The molecule has 0 radical (unpaired) electrons. The predicted octanol–water partition coefficient (Wildman–Crippen LogP) is 0.773. The Labute approximate surface area is 106 Å². The summed E-state index contributed by atoms with van der Waals surface area (Å²) in [5.74, 6) is 0.412. The molecule has 1 aromatic rings. The number of hydrogen-bond donors (Lipinski definition) is 1. The Morgan fingerprint density at radius 2 is 2.22 bits per heavy atom. The van der Waals surface area contributed by atoms with Crippen LogP contribution in [0.4, 0.5) is 5.82 Å². The maximum atomic E-state index is 11.9. The third-order valence-corrected chi connectivity index (χ3v) is 2.96. The highest BCUT2D eigenvalue weighted by molar-refractivity contribution is 5.81. The summed E-state index contributed by atoms with van der Waals surface area (Å²) in [6, 6.07) is 3.58. The molecule has 1 fully saturated rings. The monoisotopic (exact) mass is 245 g/mol. The number of nitriles is 1. The summed E-state index contributed by atoms with van der Waals surface area (Å²) in [7, 11) is 0. The summed E-state index contributed by atoms with van der Waals surface area (Å²) in [5, 5.41) is 19.3. The van der Waals surface area contributed by atoms with Gasteiger partial charge in [0.05, 0.1) is 18.3 Å². The largest absolute Gasteiger partial charge is 0.358 e. The Morgan fingerprint density at radius 3 is 2.94 bits per heavy atom. The summed E-state index contributed by atoms with van der Waals surface area (Å²) in [6.45, 7) is 1.81. The lowest BCUT2D eigenvalue weighted by atomic mass is 10.1. The fourth-order valence-corrected chi connectivity index (χ4v) is 1.97. The molecule has 0 spiro atoms. The van der Waals surface area contributed by atoms with E-state index in [1.54, 1.807) is 6.07 Å². The second-order valence-corrected chi connectivity index (χ2v) is 4.20. The molecule has 18 heavy (non-hydrogen) atoms. The summed E-state index contributed by atoms with van der Waals surface area (Å²) in [6.07, 6.45) is 4.79. The van der Waals surface area contributed by atoms with Crippen LogP contribution in [-0.4, -0.2) is 40.6 Å². The minimum Gasteiger partial charge on any atom is -0.358 e. The summed E-state index contributed by atoms with van der Waals surface area (Å²) in [4.78, 5) is 13.7. The molecule has 1 N–H and O–H groups in total. The Morgan fingerprint density at radius 1 is 1.44 bits per heavy atom. The van der Waals surface area contributed by atoms with Gasteiger partial charge in [-0.3, -0.25) is 4.79 Å². The van der Waals surface area contributed by atoms with E-state index in [1.165, 1.54) is 12.6 Å². The highest BCUT2D eigenvalue weighted by Crippen LogP contribution is 2.10. The molecule has 0 atom stereocenters. The number of nitrogens with one attached hydrogen (secondary N) is 1. The van der Waals surface area contributed by atoms with Crippen molar-refractivity contribution in [3.05, 3.63) is 17.8 Å². The van der Waals surface area contributed by atoms with Gasteiger partial charge in [0.15, 0.2) is 5.82 Å². The van der Waals surface area contributed by atoms with Crippen molar-refractivity contribution in [1.29, 1.82) is 5.26 Å². The highest BCUT2D eigenvalue weighted by atomic mass is 16.2. The van der Waals surface area contributed by atoms with Gasteiger partial charge >= 0.3 is 0 Å². The van der Waals surface area contributed by atoms with E-state index in [0.29, 0.717) is 11.4 Å². The van der Waals surface area contributed by atoms with Gasteiger partial charge in [-0.15, -0.1) is 5.10 Å². The number of nitrogens with zero attached hydrogens (tertiary/aromatic N) is 4. The van der Waals surface area contributed by atoms with Gasteiger partial charge in [0.1, 0.15) is 6.07 Å². The molecular formula is C12H15N5O. The third kappa shape index (κ3) is 2.94. The van der Waals surface area contributed by atoms with E-state index in [4.69, 9.17) is 5.26 Å². The Balaban J connectivity index is 1.91. The maximum absolute atomic E-state index is 11.9. The first-order chi connectivity index (χ1) is 8.81. The van der Waals surface area contributed by atoms with E-state index in [0.717, 1.165) is 25.9 Å². The molecule has 1 amide bonds. The van der Waals surface area contributed by atoms with Crippen molar-refractivity contribution < 1.29 is 4.79 Å². The summed E-state index contributed by atoms with van der Waals surface area (Å²) in [5.41, 5.74) is 0.399. The van der Waals surface area contributed by atoms with Gasteiger partial charge in [-0.25, -0.2) is 0 Å². The van der Waals surface area contributed by atoms with Crippen LogP contribution in [-0.2, 0) is 4.79 Å². The number of aromatic nitrogens is 2. The van der Waals surface area contributed by atoms with Gasteiger partial charge in [-0.05, 0) is 25.3 Å². The second-order valence-electron chi connectivity index (χ2n) is 4.20. The van der Waals surface area contributed by atoms with Gasteiger partial charge in [-0.1, -0.05) is 0 Å². The normalized spacial score (nSPS) is 14.9. The zero-order valence-corrected chi connectivity index (χ0v) is 10.1. The number of carbonyl (C=O) groups is 1. The first-order valence-corrected chi connectivity index (χ1v) is 6.04. The van der Waals surface area contributed by atoms with E-state index in [9.17, 15) is 4.79 Å². The first kappa shape index (κ1) is 12.3. The van der Waals surface area contributed by atoms with Crippen LogP contribution in [0, 0.1) is 11.3 Å².